The van der Waals surface area contributed by atoms with E-state index in [1.807, 2.05) is 19.1 Å². The zero-order valence-electron chi connectivity index (χ0n) is 11.7. The van der Waals surface area contributed by atoms with Gasteiger partial charge in [0.1, 0.15) is 0 Å². The lowest BCUT2D eigenvalue weighted by molar-refractivity contribution is 0.140. The Labute approximate surface area is 117 Å². The molecule has 0 saturated heterocycles. The molecule has 0 saturated carbocycles. The lowest BCUT2D eigenvalue weighted by Gasteiger charge is -2.10. The van der Waals surface area contributed by atoms with Crippen molar-refractivity contribution in [2.24, 2.45) is 0 Å². The van der Waals surface area contributed by atoms with Crippen LogP contribution in [0.5, 0.6) is 5.75 Å². The van der Waals surface area contributed by atoms with Gasteiger partial charge in [0.2, 0.25) is 0 Å². The molecule has 1 aromatic carbocycles. The maximum absolute atomic E-state index is 5.90. The number of rotatable bonds is 7. The highest BCUT2D eigenvalue weighted by Crippen LogP contribution is 2.33. The minimum Gasteiger partial charge on any atom is -0.494 e. The van der Waals surface area contributed by atoms with Crippen molar-refractivity contribution >= 4 is 5.69 Å². The van der Waals surface area contributed by atoms with Crippen molar-refractivity contribution in [3.8, 4) is 17.1 Å². The van der Waals surface area contributed by atoms with E-state index in [0.29, 0.717) is 37.0 Å². The first-order valence-electron chi connectivity index (χ1n) is 6.54. The van der Waals surface area contributed by atoms with Crippen LogP contribution in [0.3, 0.4) is 0 Å². The van der Waals surface area contributed by atoms with Crippen LogP contribution in [0.2, 0.25) is 0 Å². The van der Waals surface area contributed by atoms with E-state index in [-0.39, 0.29) is 0 Å². The van der Waals surface area contributed by atoms with Crippen LogP contribution in [-0.4, -0.2) is 40.5 Å². The first-order chi connectivity index (χ1) is 9.77. The highest BCUT2D eigenvalue weighted by atomic mass is 16.5. The van der Waals surface area contributed by atoms with Crippen molar-refractivity contribution in [1.29, 1.82) is 0 Å². The Bertz CT molecular complexity index is 555. The molecule has 0 unspecified atom stereocenters. The van der Waals surface area contributed by atoms with Gasteiger partial charge in [-0.15, -0.1) is 5.10 Å². The van der Waals surface area contributed by atoms with Gasteiger partial charge in [-0.2, -0.15) is 0 Å². The number of hydrogen-bond acceptors (Lipinski definition) is 6. The smallest absolute Gasteiger partial charge is 0.185 e. The third-order valence-electron chi connectivity index (χ3n) is 2.89. The fourth-order valence-corrected chi connectivity index (χ4v) is 1.97. The molecule has 2 aromatic rings. The lowest BCUT2D eigenvalue weighted by atomic mass is 10.1. The van der Waals surface area contributed by atoms with E-state index >= 15 is 0 Å². The number of anilines is 1. The summed E-state index contributed by atoms with van der Waals surface area (Å²) in [4.78, 5) is 0. The number of nitrogens with two attached hydrogens (primary N) is 1. The number of aryl methyl sites for hydroxylation is 1. The summed E-state index contributed by atoms with van der Waals surface area (Å²) >= 11 is 0. The molecular weight excluding hydrogens is 258 g/mol. The molecule has 0 aliphatic rings. The van der Waals surface area contributed by atoms with Crippen molar-refractivity contribution < 1.29 is 9.47 Å². The molecule has 7 nitrogen and oxygen atoms in total. The third-order valence-corrected chi connectivity index (χ3v) is 2.89. The van der Waals surface area contributed by atoms with Gasteiger partial charge >= 0.3 is 0 Å². The molecule has 2 rings (SSSR count). The van der Waals surface area contributed by atoms with Crippen LogP contribution >= 0.6 is 0 Å². The van der Waals surface area contributed by atoms with Crippen LogP contribution in [0.4, 0.5) is 5.69 Å². The molecule has 0 amide bonds. The first kappa shape index (κ1) is 14.3. The lowest BCUT2D eigenvalue weighted by Crippen LogP contribution is -2.07. The zero-order chi connectivity index (χ0) is 14.4. The average molecular weight is 277 g/mol. The normalized spacial score (nSPS) is 10.7. The Balaban J connectivity index is 2.21. The van der Waals surface area contributed by atoms with Crippen LogP contribution in [0.1, 0.15) is 13.3 Å². The summed E-state index contributed by atoms with van der Waals surface area (Å²) in [6, 6.07) is 5.53. The second-order valence-corrected chi connectivity index (χ2v) is 4.20. The highest BCUT2D eigenvalue weighted by molar-refractivity contribution is 5.73. The summed E-state index contributed by atoms with van der Waals surface area (Å²) in [5, 5.41) is 11.8. The molecule has 108 valence electrons. The predicted octanol–water partition coefficient (Wildman–Crippen LogP) is 1.36. The van der Waals surface area contributed by atoms with E-state index in [9.17, 15) is 0 Å². The quantitative estimate of drug-likeness (QED) is 0.607. The second kappa shape index (κ2) is 6.85. The first-order valence-corrected chi connectivity index (χ1v) is 6.54. The maximum Gasteiger partial charge on any atom is 0.185 e. The molecule has 0 spiro atoms. The van der Waals surface area contributed by atoms with Crippen molar-refractivity contribution in [1.82, 2.24) is 20.2 Å². The summed E-state index contributed by atoms with van der Waals surface area (Å²) in [5.74, 6) is 1.24. The minimum atomic E-state index is 0.564. The van der Waals surface area contributed by atoms with Gasteiger partial charge in [0.15, 0.2) is 11.6 Å². The number of para-hydroxylation sites is 1. The molecule has 0 bridgehead atoms. The van der Waals surface area contributed by atoms with E-state index < -0.39 is 0 Å². The summed E-state index contributed by atoms with van der Waals surface area (Å²) in [6.07, 6.45) is 0.844. The summed E-state index contributed by atoms with van der Waals surface area (Å²) < 4.78 is 12.4. The van der Waals surface area contributed by atoms with Crippen LogP contribution in [0.15, 0.2) is 18.2 Å². The van der Waals surface area contributed by atoms with E-state index in [0.717, 1.165) is 12.0 Å². The van der Waals surface area contributed by atoms with Crippen LogP contribution < -0.4 is 10.5 Å². The van der Waals surface area contributed by atoms with Gasteiger partial charge in [-0.25, -0.2) is 4.68 Å². The molecule has 1 aromatic heterocycles. The molecule has 0 aliphatic carbocycles. The van der Waals surface area contributed by atoms with Crippen molar-refractivity contribution in [3.63, 3.8) is 0 Å². The van der Waals surface area contributed by atoms with E-state index in [1.165, 1.54) is 0 Å². The van der Waals surface area contributed by atoms with E-state index in [1.54, 1.807) is 17.9 Å². The van der Waals surface area contributed by atoms with Gasteiger partial charge in [-0.1, -0.05) is 6.07 Å². The number of nitrogen functional groups attached to an aromatic ring is 1. The van der Waals surface area contributed by atoms with Gasteiger partial charge in [0.05, 0.1) is 18.4 Å². The molecule has 0 aliphatic heterocycles. The van der Waals surface area contributed by atoms with Gasteiger partial charge in [0.25, 0.3) is 0 Å². The molecule has 0 radical (unpaired) electrons. The summed E-state index contributed by atoms with van der Waals surface area (Å²) in [7, 11) is 1.58. The predicted molar refractivity (Wildman–Crippen MR) is 75.3 cm³/mol. The van der Waals surface area contributed by atoms with Gasteiger partial charge in [0, 0.05) is 19.8 Å². The Kier molecular flexibility index (Phi) is 4.89. The van der Waals surface area contributed by atoms with E-state index in [4.69, 9.17) is 15.2 Å². The SMILES string of the molecule is CCOCCCn1nnnc1-c1cccc(N)c1OC. The fourth-order valence-electron chi connectivity index (χ4n) is 1.97. The molecule has 20 heavy (non-hydrogen) atoms. The van der Waals surface area contributed by atoms with Crippen molar-refractivity contribution in [2.45, 2.75) is 19.9 Å². The average Bonchev–Trinajstić information content (AvgIpc) is 2.91. The monoisotopic (exact) mass is 277 g/mol. The van der Waals surface area contributed by atoms with Crippen LogP contribution in [0, 0.1) is 0 Å². The van der Waals surface area contributed by atoms with Crippen molar-refractivity contribution in [3.05, 3.63) is 18.2 Å². The minimum absolute atomic E-state index is 0.564. The topological polar surface area (TPSA) is 88.1 Å². The Hall–Kier alpha value is -2.15. The maximum atomic E-state index is 5.90. The van der Waals surface area contributed by atoms with Gasteiger partial charge in [-0.3, -0.25) is 0 Å². The Morgan fingerprint density at radius 3 is 2.95 bits per heavy atom. The van der Waals surface area contributed by atoms with E-state index in [2.05, 4.69) is 15.5 Å². The number of aromatic nitrogens is 4. The Morgan fingerprint density at radius 1 is 1.35 bits per heavy atom. The molecule has 0 atom stereocenters. The number of nitrogens with zero attached hydrogens (tertiary/aromatic N) is 4. The Morgan fingerprint density at radius 2 is 2.20 bits per heavy atom. The number of ether oxygens (including phenoxy) is 2. The standard InChI is InChI=1S/C13H19N5O2/c1-3-20-9-5-8-18-13(15-16-17-18)10-6-4-7-11(14)12(10)19-2/h4,6-7H,3,5,8-9,14H2,1-2H3. The fraction of sp³-hybridized carbons (Fsp3) is 0.462. The highest BCUT2D eigenvalue weighted by Gasteiger charge is 2.15. The number of methoxy groups -OCH3 is 1. The number of tetrazole rings is 1. The third kappa shape index (κ3) is 3.05. The molecular formula is C13H19N5O2. The second-order valence-electron chi connectivity index (χ2n) is 4.20. The zero-order valence-corrected chi connectivity index (χ0v) is 11.7. The summed E-state index contributed by atoms with van der Waals surface area (Å²) in [5.41, 5.74) is 7.25. The molecule has 0 fully saturated rings. The molecule has 7 heteroatoms. The summed E-state index contributed by atoms with van der Waals surface area (Å²) in [6.45, 7) is 4.05. The van der Waals surface area contributed by atoms with Crippen LogP contribution in [-0.2, 0) is 11.3 Å². The number of hydrogen-bond donors (Lipinski definition) is 1. The van der Waals surface area contributed by atoms with Gasteiger partial charge < -0.3 is 15.2 Å². The van der Waals surface area contributed by atoms with Crippen molar-refractivity contribution in [2.75, 3.05) is 26.1 Å². The van der Waals surface area contributed by atoms with Gasteiger partial charge in [-0.05, 0) is 35.9 Å². The molecule has 1 heterocycles. The number of benzene rings is 1. The van der Waals surface area contributed by atoms with Crippen LogP contribution in [0.25, 0.3) is 11.4 Å². The molecule has 2 N–H and O–H groups in total. The largest absolute Gasteiger partial charge is 0.494 e.